The van der Waals surface area contributed by atoms with Crippen molar-refractivity contribution < 1.29 is 13.6 Å². The minimum atomic E-state index is -0.998. The molecule has 1 atom stereocenters. The van der Waals surface area contributed by atoms with Crippen molar-refractivity contribution in [2.75, 3.05) is 26.0 Å². The number of carbonyl (C=O) groups excluding carboxylic acids is 1. The van der Waals surface area contributed by atoms with Gasteiger partial charge in [0.2, 0.25) is 0 Å². The zero-order valence-corrected chi connectivity index (χ0v) is 13.1. The summed E-state index contributed by atoms with van der Waals surface area (Å²) >= 11 is 1.59. The van der Waals surface area contributed by atoms with Crippen molar-refractivity contribution in [2.45, 2.75) is 6.04 Å². The molecule has 118 valence electrons. The molecule has 2 rings (SSSR count). The lowest BCUT2D eigenvalue weighted by molar-refractivity contribution is 0.243. The number of rotatable bonds is 5. The summed E-state index contributed by atoms with van der Waals surface area (Å²) in [5.74, 6) is -1.95. The molecule has 2 amide bonds. The van der Waals surface area contributed by atoms with E-state index in [-0.39, 0.29) is 11.7 Å². The summed E-state index contributed by atoms with van der Waals surface area (Å²) in [6.45, 7) is 0.402. The lowest BCUT2D eigenvalue weighted by atomic mass is 10.1. The Labute approximate surface area is 131 Å². The van der Waals surface area contributed by atoms with Crippen molar-refractivity contribution in [3.8, 4) is 0 Å². The fraction of sp³-hybridized carbons (Fsp3) is 0.267. The quantitative estimate of drug-likeness (QED) is 0.884. The molecule has 1 aromatic carbocycles. The normalized spacial score (nSPS) is 12.2. The third kappa shape index (κ3) is 4.25. The molecular formula is C15H17F2N3OS. The number of amides is 2. The second-order valence-corrected chi connectivity index (χ2v) is 5.78. The Morgan fingerprint density at radius 1 is 1.27 bits per heavy atom. The molecule has 0 radical (unpaired) electrons. The van der Waals surface area contributed by atoms with E-state index in [0.29, 0.717) is 6.54 Å². The van der Waals surface area contributed by atoms with Gasteiger partial charge in [-0.3, -0.25) is 0 Å². The number of urea groups is 1. The molecule has 0 unspecified atom stereocenters. The zero-order valence-electron chi connectivity index (χ0n) is 12.3. The van der Waals surface area contributed by atoms with Gasteiger partial charge in [-0.25, -0.2) is 13.6 Å². The van der Waals surface area contributed by atoms with Crippen molar-refractivity contribution in [2.24, 2.45) is 0 Å². The average Bonchev–Trinajstić information content (AvgIpc) is 2.97. The number of hydrogen-bond acceptors (Lipinski definition) is 3. The molecule has 2 aromatic rings. The first-order chi connectivity index (χ1) is 10.5. The summed E-state index contributed by atoms with van der Waals surface area (Å²) in [5, 5.41) is 9.22. The maximum absolute atomic E-state index is 13.1. The summed E-state index contributed by atoms with van der Waals surface area (Å²) in [6, 6.07) is 4.80. The number of nitrogens with one attached hydrogen (secondary N) is 2. The number of halogens is 2. The number of thiophene rings is 1. The average molecular weight is 325 g/mol. The Kier molecular flexibility index (Phi) is 5.46. The van der Waals surface area contributed by atoms with Crippen LogP contribution in [-0.2, 0) is 0 Å². The smallest absolute Gasteiger partial charge is 0.319 e. The van der Waals surface area contributed by atoms with E-state index in [1.54, 1.807) is 11.3 Å². The Bertz CT molecular complexity index is 632. The van der Waals surface area contributed by atoms with Gasteiger partial charge in [0, 0.05) is 18.3 Å². The molecule has 1 heterocycles. The predicted molar refractivity (Wildman–Crippen MR) is 84.1 cm³/mol. The molecule has 7 heteroatoms. The highest BCUT2D eigenvalue weighted by Crippen LogP contribution is 2.20. The summed E-state index contributed by atoms with van der Waals surface area (Å²) in [6.07, 6.45) is 0. The topological polar surface area (TPSA) is 44.4 Å². The summed E-state index contributed by atoms with van der Waals surface area (Å²) in [4.78, 5) is 13.9. The number of nitrogens with zero attached hydrogens (tertiary/aromatic N) is 1. The Hall–Kier alpha value is -1.99. The molecule has 22 heavy (non-hydrogen) atoms. The fourth-order valence-electron chi connectivity index (χ4n) is 2.00. The van der Waals surface area contributed by atoms with Crippen molar-refractivity contribution in [1.82, 2.24) is 10.2 Å². The van der Waals surface area contributed by atoms with Crippen LogP contribution in [0.4, 0.5) is 19.3 Å². The molecule has 0 aliphatic heterocycles. The van der Waals surface area contributed by atoms with Crippen molar-refractivity contribution in [3.63, 3.8) is 0 Å². The van der Waals surface area contributed by atoms with Crippen LogP contribution in [0.15, 0.2) is 35.0 Å². The molecule has 0 fully saturated rings. The van der Waals surface area contributed by atoms with Gasteiger partial charge in [-0.2, -0.15) is 11.3 Å². The molecule has 0 bridgehead atoms. The highest BCUT2D eigenvalue weighted by molar-refractivity contribution is 7.07. The first-order valence-corrected chi connectivity index (χ1v) is 7.60. The Morgan fingerprint density at radius 2 is 2.05 bits per heavy atom. The fourth-order valence-corrected chi connectivity index (χ4v) is 2.71. The van der Waals surface area contributed by atoms with Gasteiger partial charge in [0.15, 0.2) is 11.6 Å². The molecule has 1 aromatic heterocycles. The maximum Gasteiger partial charge on any atom is 0.319 e. The third-order valence-corrected chi connectivity index (χ3v) is 3.89. The van der Waals surface area contributed by atoms with Gasteiger partial charge < -0.3 is 15.5 Å². The van der Waals surface area contributed by atoms with Crippen LogP contribution in [0.3, 0.4) is 0 Å². The van der Waals surface area contributed by atoms with Gasteiger partial charge in [-0.1, -0.05) is 0 Å². The van der Waals surface area contributed by atoms with E-state index in [1.807, 2.05) is 35.8 Å². The molecule has 0 saturated carbocycles. The summed E-state index contributed by atoms with van der Waals surface area (Å²) < 4.78 is 25.9. The minimum Gasteiger partial charge on any atom is -0.336 e. The number of likely N-dealkylation sites (N-methyl/N-ethyl adjacent to an activating group) is 1. The Morgan fingerprint density at radius 3 is 2.64 bits per heavy atom. The van der Waals surface area contributed by atoms with Gasteiger partial charge in [0.1, 0.15) is 0 Å². The molecule has 2 N–H and O–H groups in total. The molecule has 4 nitrogen and oxygen atoms in total. The second-order valence-electron chi connectivity index (χ2n) is 5.00. The van der Waals surface area contributed by atoms with E-state index < -0.39 is 17.7 Å². The van der Waals surface area contributed by atoms with Crippen molar-refractivity contribution >= 4 is 23.1 Å². The number of carbonyl (C=O) groups is 1. The van der Waals surface area contributed by atoms with Gasteiger partial charge in [-0.05, 0) is 48.6 Å². The van der Waals surface area contributed by atoms with Crippen LogP contribution in [0.5, 0.6) is 0 Å². The van der Waals surface area contributed by atoms with E-state index in [0.717, 1.165) is 17.7 Å². The minimum absolute atomic E-state index is 0.0435. The summed E-state index contributed by atoms with van der Waals surface area (Å²) in [5.41, 5.74) is 1.32. The van der Waals surface area contributed by atoms with Gasteiger partial charge in [0.05, 0.1) is 6.04 Å². The number of anilines is 1. The standard InChI is InChI=1S/C15H17F2N3OS/c1-20(2)14(10-5-6-22-9-10)8-18-15(21)19-11-3-4-12(16)13(17)7-11/h3-7,9,14H,8H2,1-2H3,(H2,18,19,21)/t14-/m1/s1. The van der Waals surface area contributed by atoms with Crippen molar-refractivity contribution in [3.05, 3.63) is 52.2 Å². The van der Waals surface area contributed by atoms with Crippen LogP contribution in [-0.4, -0.2) is 31.6 Å². The van der Waals surface area contributed by atoms with E-state index in [4.69, 9.17) is 0 Å². The van der Waals surface area contributed by atoms with E-state index in [2.05, 4.69) is 10.6 Å². The van der Waals surface area contributed by atoms with Crippen LogP contribution in [0.2, 0.25) is 0 Å². The van der Waals surface area contributed by atoms with Gasteiger partial charge >= 0.3 is 6.03 Å². The number of hydrogen-bond donors (Lipinski definition) is 2. The molecular weight excluding hydrogens is 308 g/mol. The maximum atomic E-state index is 13.1. The lowest BCUT2D eigenvalue weighted by Crippen LogP contribution is -2.36. The first kappa shape index (κ1) is 16.4. The van der Waals surface area contributed by atoms with E-state index >= 15 is 0 Å². The van der Waals surface area contributed by atoms with Gasteiger partial charge in [0.25, 0.3) is 0 Å². The van der Waals surface area contributed by atoms with Gasteiger partial charge in [-0.15, -0.1) is 0 Å². The SMILES string of the molecule is CN(C)[C@H](CNC(=O)Nc1ccc(F)c(F)c1)c1ccsc1. The van der Waals surface area contributed by atoms with E-state index in [1.165, 1.54) is 6.07 Å². The van der Waals surface area contributed by atoms with Crippen LogP contribution in [0, 0.1) is 11.6 Å². The first-order valence-electron chi connectivity index (χ1n) is 6.66. The summed E-state index contributed by atoms with van der Waals surface area (Å²) in [7, 11) is 3.86. The third-order valence-electron chi connectivity index (χ3n) is 3.18. The predicted octanol–water partition coefficient (Wildman–Crippen LogP) is 3.45. The van der Waals surface area contributed by atoms with Crippen LogP contribution in [0.25, 0.3) is 0 Å². The molecule has 0 spiro atoms. The van der Waals surface area contributed by atoms with Crippen LogP contribution in [0.1, 0.15) is 11.6 Å². The van der Waals surface area contributed by atoms with Crippen LogP contribution < -0.4 is 10.6 Å². The largest absolute Gasteiger partial charge is 0.336 e. The molecule has 0 saturated heterocycles. The highest BCUT2D eigenvalue weighted by atomic mass is 32.1. The highest BCUT2D eigenvalue weighted by Gasteiger charge is 2.15. The molecule has 0 aliphatic rings. The second kappa shape index (κ2) is 7.33. The van der Waals surface area contributed by atoms with Crippen LogP contribution >= 0.6 is 11.3 Å². The molecule has 0 aliphatic carbocycles. The Balaban J connectivity index is 1.92. The number of benzene rings is 1. The zero-order chi connectivity index (χ0) is 16.1. The lowest BCUT2D eigenvalue weighted by Gasteiger charge is -2.24. The monoisotopic (exact) mass is 325 g/mol. The van der Waals surface area contributed by atoms with E-state index in [9.17, 15) is 13.6 Å². The van der Waals surface area contributed by atoms with Crippen molar-refractivity contribution in [1.29, 1.82) is 0 Å².